The first-order chi connectivity index (χ1) is 15.4. The molecule has 168 valence electrons. The standard InChI is InChI=1S/C24H26N2O6/c1-31-14-20(22(29)26-24(10-11-24)12-21(27)28)25-23(30)32-13-19-17-8-4-2-6-15(17)16-7-3-5-9-18(16)19/h2-9,19-20H,10-14H2,1H3,(H,25,30)(H,26,29)(H,27,28). The maximum Gasteiger partial charge on any atom is 0.407 e. The van der Waals surface area contributed by atoms with Gasteiger partial charge in [-0.3, -0.25) is 9.59 Å². The predicted octanol–water partition coefficient (Wildman–Crippen LogP) is 2.66. The van der Waals surface area contributed by atoms with Crippen LogP contribution in [-0.2, 0) is 19.1 Å². The molecule has 0 radical (unpaired) electrons. The average molecular weight is 438 g/mol. The number of rotatable bonds is 9. The number of hydrogen-bond donors (Lipinski definition) is 3. The summed E-state index contributed by atoms with van der Waals surface area (Å²) >= 11 is 0. The minimum Gasteiger partial charge on any atom is -0.481 e. The second-order valence-electron chi connectivity index (χ2n) is 8.32. The summed E-state index contributed by atoms with van der Waals surface area (Å²) in [6.07, 6.45) is 0.307. The summed E-state index contributed by atoms with van der Waals surface area (Å²) < 4.78 is 10.6. The van der Waals surface area contributed by atoms with Gasteiger partial charge in [0.25, 0.3) is 0 Å². The van der Waals surface area contributed by atoms with Gasteiger partial charge in [-0.05, 0) is 35.1 Å². The Hall–Kier alpha value is -3.39. The Morgan fingerprint density at radius 1 is 1.06 bits per heavy atom. The second-order valence-corrected chi connectivity index (χ2v) is 8.32. The van der Waals surface area contributed by atoms with E-state index in [2.05, 4.69) is 22.8 Å². The first-order valence-electron chi connectivity index (χ1n) is 10.6. The maximum absolute atomic E-state index is 12.6. The minimum atomic E-state index is -0.984. The molecule has 1 saturated carbocycles. The van der Waals surface area contributed by atoms with Crippen LogP contribution >= 0.6 is 0 Å². The smallest absolute Gasteiger partial charge is 0.407 e. The van der Waals surface area contributed by atoms with E-state index >= 15 is 0 Å². The van der Waals surface area contributed by atoms with E-state index in [0.29, 0.717) is 12.8 Å². The highest BCUT2D eigenvalue weighted by atomic mass is 16.5. The van der Waals surface area contributed by atoms with Crippen molar-refractivity contribution in [3.8, 4) is 11.1 Å². The Balaban J connectivity index is 1.38. The summed E-state index contributed by atoms with van der Waals surface area (Å²) in [6, 6.07) is 15.1. The molecule has 0 heterocycles. The summed E-state index contributed by atoms with van der Waals surface area (Å²) in [6.45, 7) is 0.0727. The topological polar surface area (TPSA) is 114 Å². The van der Waals surface area contributed by atoms with Gasteiger partial charge in [0.05, 0.1) is 18.6 Å². The third-order valence-corrected chi connectivity index (χ3v) is 6.02. The van der Waals surface area contributed by atoms with Crippen LogP contribution in [0.3, 0.4) is 0 Å². The van der Waals surface area contributed by atoms with Crippen LogP contribution in [0.1, 0.15) is 36.3 Å². The molecule has 1 unspecified atom stereocenters. The third-order valence-electron chi connectivity index (χ3n) is 6.02. The molecule has 8 heteroatoms. The van der Waals surface area contributed by atoms with Gasteiger partial charge in [-0.1, -0.05) is 48.5 Å². The van der Waals surface area contributed by atoms with Crippen LogP contribution in [0.15, 0.2) is 48.5 Å². The van der Waals surface area contributed by atoms with Crippen LogP contribution in [0.5, 0.6) is 0 Å². The highest BCUT2D eigenvalue weighted by molar-refractivity contribution is 5.87. The van der Waals surface area contributed by atoms with E-state index < -0.39 is 29.6 Å². The number of carboxylic acids is 1. The number of carbonyl (C=O) groups excluding carboxylic acids is 2. The van der Waals surface area contributed by atoms with Gasteiger partial charge in [-0.25, -0.2) is 4.79 Å². The Morgan fingerprint density at radius 2 is 1.66 bits per heavy atom. The highest BCUT2D eigenvalue weighted by Gasteiger charge is 2.46. The van der Waals surface area contributed by atoms with Crippen molar-refractivity contribution < 1.29 is 29.0 Å². The average Bonchev–Trinajstić information content (AvgIpc) is 3.43. The lowest BCUT2D eigenvalue weighted by Gasteiger charge is -2.22. The van der Waals surface area contributed by atoms with E-state index in [0.717, 1.165) is 22.3 Å². The Labute approximate surface area is 185 Å². The fourth-order valence-electron chi connectivity index (χ4n) is 4.27. The number of fused-ring (bicyclic) bond motifs is 3. The highest BCUT2D eigenvalue weighted by Crippen LogP contribution is 2.44. The monoisotopic (exact) mass is 438 g/mol. The van der Waals surface area contributed by atoms with Crippen molar-refractivity contribution in [2.75, 3.05) is 20.3 Å². The Morgan fingerprint density at radius 3 is 2.19 bits per heavy atom. The summed E-state index contributed by atoms with van der Waals surface area (Å²) in [5, 5.41) is 14.3. The summed E-state index contributed by atoms with van der Waals surface area (Å²) in [5.74, 6) is -1.55. The van der Waals surface area contributed by atoms with Crippen LogP contribution < -0.4 is 10.6 Å². The van der Waals surface area contributed by atoms with Gasteiger partial charge in [0.2, 0.25) is 5.91 Å². The zero-order valence-corrected chi connectivity index (χ0v) is 17.8. The van der Waals surface area contributed by atoms with E-state index in [4.69, 9.17) is 14.6 Å². The third kappa shape index (κ3) is 4.60. The molecule has 0 aliphatic heterocycles. The molecule has 0 saturated heterocycles. The van der Waals surface area contributed by atoms with E-state index in [1.54, 1.807) is 0 Å². The van der Waals surface area contributed by atoms with Crippen LogP contribution in [0.25, 0.3) is 11.1 Å². The number of aliphatic carboxylic acids is 1. The fraction of sp³-hybridized carbons (Fsp3) is 0.375. The molecule has 0 bridgehead atoms. The second kappa shape index (κ2) is 9.00. The van der Waals surface area contributed by atoms with E-state index in [1.807, 2.05) is 36.4 Å². The first-order valence-corrected chi connectivity index (χ1v) is 10.6. The van der Waals surface area contributed by atoms with Crippen molar-refractivity contribution in [1.82, 2.24) is 10.6 Å². The number of carbonyl (C=O) groups is 3. The molecule has 2 amide bonds. The number of methoxy groups -OCH3 is 1. The summed E-state index contributed by atoms with van der Waals surface area (Å²) in [4.78, 5) is 36.2. The van der Waals surface area contributed by atoms with E-state index in [-0.39, 0.29) is 25.6 Å². The molecule has 1 atom stereocenters. The molecular weight excluding hydrogens is 412 g/mol. The van der Waals surface area contributed by atoms with Gasteiger partial charge >= 0.3 is 12.1 Å². The molecular formula is C24H26N2O6. The van der Waals surface area contributed by atoms with Crippen molar-refractivity contribution in [3.05, 3.63) is 59.7 Å². The molecule has 32 heavy (non-hydrogen) atoms. The SMILES string of the molecule is COCC(NC(=O)OCC1c2ccccc2-c2ccccc21)C(=O)NC1(CC(=O)O)CC1. The lowest BCUT2D eigenvalue weighted by molar-refractivity contribution is -0.138. The minimum absolute atomic E-state index is 0.0564. The lowest BCUT2D eigenvalue weighted by Crippen LogP contribution is -2.53. The van der Waals surface area contributed by atoms with Gasteiger partial charge < -0.3 is 25.2 Å². The number of alkyl carbamates (subject to hydrolysis) is 1. The van der Waals surface area contributed by atoms with Gasteiger partial charge in [-0.2, -0.15) is 0 Å². The predicted molar refractivity (Wildman–Crippen MR) is 116 cm³/mol. The number of carboxylic acid groups (broad SMARTS) is 1. The van der Waals surface area contributed by atoms with Crippen molar-refractivity contribution in [1.29, 1.82) is 0 Å². The summed E-state index contributed by atoms with van der Waals surface area (Å²) in [7, 11) is 1.42. The molecule has 1 fully saturated rings. The van der Waals surface area contributed by atoms with Gasteiger partial charge in [0.1, 0.15) is 12.6 Å². The Kier molecular flexibility index (Phi) is 6.14. The van der Waals surface area contributed by atoms with Crippen LogP contribution in [-0.4, -0.2) is 55.0 Å². The number of hydrogen-bond acceptors (Lipinski definition) is 5. The number of amides is 2. The molecule has 2 aliphatic rings. The van der Waals surface area contributed by atoms with Crippen molar-refractivity contribution in [3.63, 3.8) is 0 Å². The largest absolute Gasteiger partial charge is 0.481 e. The first kappa shape index (κ1) is 21.8. The molecule has 0 aromatic heterocycles. The molecule has 2 aromatic rings. The van der Waals surface area contributed by atoms with Crippen LogP contribution in [0.4, 0.5) is 4.79 Å². The molecule has 3 N–H and O–H groups in total. The van der Waals surface area contributed by atoms with Crippen molar-refractivity contribution >= 4 is 18.0 Å². The summed E-state index contributed by atoms with van der Waals surface area (Å²) in [5.41, 5.74) is 3.70. The van der Waals surface area contributed by atoms with Crippen molar-refractivity contribution in [2.24, 2.45) is 0 Å². The molecule has 2 aromatic carbocycles. The zero-order valence-electron chi connectivity index (χ0n) is 17.8. The molecule has 4 rings (SSSR count). The zero-order chi connectivity index (χ0) is 22.7. The lowest BCUT2D eigenvalue weighted by atomic mass is 9.98. The molecule has 2 aliphatic carbocycles. The molecule has 0 spiro atoms. The van der Waals surface area contributed by atoms with Gasteiger partial charge in [0, 0.05) is 13.0 Å². The van der Waals surface area contributed by atoms with E-state index in [1.165, 1.54) is 7.11 Å². The number of nitrogens with one attached hydrogen (secondary N) is 2. The van der Waals surface area contributed by atoms with E-state index in [9.17, 15) is 14.4 Å². The number of benzene rings is 2. The normalized spacial score (nSPS) is 16.4. The van der Waals surface area contributed by atoms with Gasteiger partial charge in [0.15, 0.2) is 0 Å². The Bertz CT molecular complexity index is 987. The maximum atomic E-state index is 12.6. The van der Waals surface area contributed by atoms with Crippen LogP contribution in [0.2, 0.25) is 0 Å². The van der Waals surface area contributed by atoms with Crippen molar-refractivity contribution in [2.45, 2.75) is 36.8 Å². The fourth-order valence-corrected chi connectivity index (χ4v) is 4.27. The quantitative estimate of drug-likeness (QED) is 0.555. The molecule has 8 nitrogen and oxygen atoms in total. The number of ether oxygens (including phenoxy) is 2. The van der Waals surface area contributed by atoms with Crippen LogP contribution in [0, 0.1) is 0 Å². The van der Waals surface area contributed by atoms with Gasteiger partial charge in [-0.15, -0.1) is 0 Å².